The zero-order valence-electron chi connectivity index (χ0n) is 27.1. The predicted octanol–water partition coefficient (Wildman–Crippen LogP) is 5.60. The molecule has 0 spiro atoms. The first-order chi connectivity index (χ1) is 20.7. The molecule has 3 heterocycles. The number of hydrogen-bond donors (Lipinski definition) is 0. The normalized spacial score (nSPS) is 29.0. The van der Waals surface area contributed by atoms with E-state index < -0.39 is 88.7 Å². The first-order valence-corrected chi connectivity index (χ1v) is 15.6. The molecule has 12 heteroatoms. The third kappa shape index (κ3) is 4.09. The van der Waals surface area contributed by atoms with Gasteiger partial charge in [0.1, 0.15) is 16.8 Å². The largest absolute Gasteiger partial charge is 0.443 e. The molecule has 0 saturated heterocycles. The molecule has 1 aromatic rings. The van der Waals surface area contributed by atoms with Crippen LogP contribution in [0, 0.1) is 0 Å². The van der Waals surface area contributed by atoms with Gasteiger partial charge in [0.15, 0.2) is 0 Å². The van der Waals surface area contributed by atoms with Crippen LogP contribution >= 0.6 is 0 Å². The molecule has 12 nitrogen and oxygen atoms in total. The van der Waals surface area contributed by atoms with Gasteiger partial charge in [-0.25, -0.2) is 29.1 Å². The van der Waals surface area contributed by atoms with E-state index >= 15 is 0 Å². The van der Waals surface area contributed by atoms with Gasteiger partial charge in [-0.2, -0.15) is 0 Å². The summed E-state index contributed by atoms with van der Waals surface area (Å²) in [5.74, 6) is -3.93. The zero-order valence-corrected chi connectivity index (χ0v) is 27.1. The Morgan fingerprint density at radius 2 is 0.689 bits per heavy atom. The Morgan fingerprint density at radius 3 is 0.889 bits per heavy atom. The van der Waals surface area contributed by atoms with Gasteiger partial charge in [0, 0.05) is 0 Å². The Balaban J connectivity index is 1.45. The Morgan fingerprint density at radius 1 is 0.467 bits per heavy atom. The van der Waals surface area contributed by atoms with E-state index in [1.807, 2.05) is 0 Å². The van der Waals surface area contributed by atoms with Gasteiger partial charge in [-0.1, -0.05) is 0 Å². The van der Waals surface area contributed by atoms with Gasteiger partial charge in [-0.05, 0) is 115 Å². The van der Waals surface area contributed by atoms with Crippen molar-refractivity contribution in [1.29, 1.82) is 0 Å². The minimum atomic E-state index is -0.891. The van der Waals surface area contributed by atoms with Crippen molar-refractivity contribution in [3.05, 3.63) is 33.4 Å². The van der Waals surface area contributed by atoms with Gasteiger partial charge in [-0.15, -0.1) is 0 Å². The number of amides is 6. The number of benzene rings is 1. The summed E-state index contributed by atoms with van der Waals surface area (Å²) in [6.07, 6.45) is -2.21. The van der Waals surface area contributed by atoms with Crippen molar-refractivity contribution in [1.82, 2.24) is 14.7 Å². The van der Waals surface area contributed by atoms with Crippen molar-refractivity contribution < 1.29 is 43.0 Å². The van der Waals surface area contributed by atoms with Crippen molar-refractivity contribution in [2.24, 2.45) is 0 Å². The Kier molecular flexibility index (Phi) is 5.85. The summed E-state index contributed by atoms with van der Waals surface area (Å²) in [6.45, 7) is 15.4. The van der Waals surface area contributed by atoms with E-state index in [2.05, 4.69) is 0 Å². The molecule has 0 fully saturated rings. The fraction of sp³-hybridized carbons (Fsp3) is 0.636. The lowest BCUT2D eigenvalue weighted by Gasteiger charge is -2.39. The van der Waals surface area contributed by atoms with Crippen molar-refractivity contribution in [2.75, 3.05) is 0 Å². The molecule has 1 unspecified atom stereocenters. The quantitative estimate of drug-likeness (QED) is 0.339. The fourth-order valence-corrected chi connectivity index (χ4v) is 8.38. The molecule has 1 aromatic carbocycles. The van der Waals surface area contributed by atoms with E-state index in [0.717, 1.165) is 14.7 Å². The molecule has 6 amide bonds. The highest BCUT2D eigenvalue weighted by Crippen LogP contribution is 2.68. The Labute approximate surface area is 261 Å². The lowest BCUT2D eigenvalue weighted by molar-refractivity contribution is -0.138. The summed E-state index contributed by atoms with van der Waals surface area (Å²) < 4.78 is 17.1. The highest BCUT2D eigenvalue weighted by molar-refractivity contribution is 6.07. The van der Waals surface area contributed by atoms with E-state index in [1.54, 1.807) is 62.3 Å². The Bertz CT molecular complexity index is 1430. The first kappa shape index (κ1) is 29.7. The van der Waals surface area contributed by atoms with Gasteiger partial charge in [0.25, 0.3) is 0 Å². The van der Waals surface area contributed by atoms with Crippen LogP contribution in [0.25, 0.3) is 0 Å². The van der Waals surface area contributed by atoms with Crippen LogP contribution in [0.3, 0.4) is 0 Å². The topological polar surface area (TPSA) is 140 Å². The molecule has 45 heavy (non-hydrogen) atoms. The van der Waals surface area contributed by atoms with Crippen LogP contribution < -0.4 is 0 Å². The lowest BCUT2D eigenvalue weighted by Crippen LogP contribution is -2.47. The lowest BCUT2D eigenvalue weighted by atomic mass is 9.78. The van der Waals surface area contributed by atoms with Crippen LogP contribution in [0.5, 0.6) is 0 Å². The molecule has 0 N–H and O–H groups in total. The predicted molar refractivity (Wildman–Crippen MR) is 156 cm³/mol. The second-order valence-electron chi connectivity index (χ2n) is 16.0. The second kappa shape index (κ2) is 8.85. The molecule has 6 atom stereocenters. The number of nitrogens with zero attached hydrogens (tertiary/aromatic N) is 3. The van der Waals surface area contributed by atoms with E-state index in [9.17, 15) is 28.8 Å². The maximum absolute atomic E-state index is 14.3. The van der Waals surface area contributed by atoms with Crippen molar-refractivity contribution in [3.63, 3.8) is 0 Å². The molecule has 0 saturated carbocycles. The minimum absolute atomic E-state index is 0.0832. The summed E-state index contributed by atoms with van der Waals surface area (Å²) >= 11 is 0. The first-order valence-electron chi connectivity index (χ1n) is 15.6. The maximum atomic E-state index is 14.3. The molecular weight excluding hydrogens is 582 g/mol. The van der Waals surface area contributed by atoms with E-state index in [1.165, 1.54) is 0 Å². The summed E-state index contributed by atoms with van der Waals surface area (Å²) in [5, 5.41) is 0. The third-order valence-corrected chi connectivity index (χ3v) is 9.48. The number of hydrogen-bond acceptors (Lipinski definition) is 9. The van der Waals surface area contributed by atoms with Gasteiger partial charge in [-0.3, -0.25) is 14.4 Å². The molecule has 6 aliphatic rings. The SMILES string of the molecule is CC(C)(C)OC(=O)N1C(=O)C2C[C@@H]3c4c2c2c5c6c4[C@H](C[C@H]6N(C(=O)OC(C)(C)C)C(=O)[C@H]5C[C@H]21)C(=O)N3C(=O)OC(C)(C)C. The molecule has 0 radical (unpaired) electrons. The Hall–Kier alpha value is -3.96. The second-order valence-corrected chi connectivity index (χ2v) is 16.0. The van der Waals surface area contributed by atoms with Crippen molar-refractivity contribution in [2.45, 2.75) is 134 Å². The van der Waals surface area contributed by atoms with Crippen LogP contribution in [0.4, 0.5) is 14.4 Å². The summed E-state index contributed by atoms with van der Waals surface area (Å²) in [5.41, 5.74) is 1.59. The fourth-order valence-electron chi connectivity index (χ4n) is 8.38. The molecule has 7 rings (SSSR count). The standard InChI is InChI=1S/C33H39N3O9/c1-31(2,3)43-28(40)34-16-10-14-20-22(16)19-13(25(34)37)11-17-23(19)21-15(27(39)35(17)29(41)44-32(4,5)6)12-18(24(20)21)36(26(14)38)30(42)45-33(7,8)9/h13-18H,10-12H2,1-9H3/t13-,14-,15?,16+,17+,18+/m0/s1. The van der Waals surface area contributed by atoms with Crippen LogP contribution in [-0.4, -0.2) is 67.5 Å². The van der Waals surface area contributed by atoms with E-state index in [4.69, 9.17) is 14.2 Å². The highest BCUT2D eigenvalue weighted by Gasteiger charge is 2.65. The molecule has 240 valence electrons. The van der Waals surface area contributed by atoms with Gasteiger partial charge >= 0.3 is 18.3 Å². The molecule has 0 aromatic heterocycles. The average molecular weight is 622 g/mol. The smallest absolute Gasteiger partial charge is 0.417 e. The van der Waals surface area contributed by atoms with Crippen LogP contribution in [-0.2, 0) is 28.6 Å². The zero-order chi connectivity index (χ0) is 32.9. The molecule has 0 bridgehead atoms. The number of rotatable bonds is 0. The van der Waals surface area contributed by atoms with E-state index in [0.29, 0.717) is 33.4 Å². The average Bonchev–Trinajstić information content (AvgIpc) is 3.53. The van der Waals surface area contributed by atoms with Crippen molar-refractivity contribution >= 4 is 36.0 Å². The van der Waals surface area contributed by atoms with Gasteiger partial charge in [0.05, 0.1) is 35.9 Å². The number of carbonyl (C=O) groups excluding carboxylic acids is 6. The minimum Gasteiger partial charge on any atom is -0.443 e. The summed E-state index contributed by atoms with van der Waals surface area (Å²) in [7, 11) is 0. The van der Waals surface area contributed by atoms with E-state index in [-0.39, 0.29) is 19.3 Å². The van der Waals surface area contributed by atoms with Gasteiger partial charge < -0.3 is 14.2 Å². The molecular formula is C33H39N3O9. The number of carbonyl (C=O) groups is 6. The number of imide groups is 3. The van der Waals surface area contributed by atoms with Gasteiger partial charge in [0.2, 0.25) is 17.7 Å². The number of ether oxygens (including phenoxy) is 3. The molecule has 3 aliphatic heterocycles. The third-order valence-electron chi connectivity index (χ3n) is 9.48. The summed E-state index contributed by atoms with van der Waals surface area (Å²) in [6, 6.07) is -2.39. The van der Waals surface area contributed by atoms with Crippen LogP contribution in [0.1, 0.15) is 151 Å². The van der Waals surface area contributed by atoms with Crippen molar-refractivity contribution in [3.8, 4) is 0 Å². The highest BCUT2D eigenvalue weighted by atomic mass is 16.6. The monoisotopic (exact) mass is 621 g/mol. The summed E-state index contributed by atoms with van der Waals surface area (Å²) in [4.78, 5) is 87.2. The van der Waals surface area contributed by atoms with Crippen LogP contribution in [0.2, 0.25) is 0 Å². The molecule has 3 aliphatic carbocycles. The van der Waals surface area contributed by atoms with Crippen LogP contribution in [0.15, 0.2) is 0 Å². The maximum Gasteiger partial charge on any atom is 0.417 e.